The highest BCUT2D eigenvalue weighted by Crippen LogP contribution is 2.50. The van der Waals surface area contributed by atoms with Crippen LogP contribution in [0.4, 0.5) is 4.79 Å². The average Bonchev–Trinajstić information content (AvgIpc) is 1.36. The largest absolute Gasteiger partial charge is 0.444 e. The number of amides is 1. The van der Waals surface area contributed by atoms with E-state index in [1.165, 1.54) is 0 Å². The quantitative estimate of drug-likeness (QED) is 0.119. The molecule has 8 aliphatic heterocycles. The van der Waals surface area contributed by atoms with E-state index in [0.717, 1.165) is 51.2 Å². The van der Waals surface area contributed by atoms with Gasteiger partial charge in [-0.05, 0) is 126 Å². The molecule has 520 valence electrons. The topological polar surface area (TPSA) is 150 Å². The van der Waals surface area contributed by atoms with Crippen molar-refractivity contribution in [2.75, 3.05) is 6.54 Å². The zero-order valence-corrected chi connectivity index (χ0v) is 61.4. The van der Waals surface area contributed by atoms with Gasteiger partial charge in [0.1, 0.15) is 47.6 Å². The summed E-state index contributed by atoms with van der Waals surface area (Å²) in [7, 11) is -6.74. The van der Waals surface area contributed by atoms with Gasteiger partial charge in [-0.2, -0.15) is 0 Å². The van der Waals surface area contributed by atoms with Crippen LogP contribution in [-0.4, -0.2) is 154 Å². The van der Waals surface area contributed by atoms with Gasteiger partial charge >= 0.3 is 6.09 Å². The molecule has 8 aliphatic rings. The van der Waals surface area contributed by atoms with E-state index in [4.69, 9.17) is 46.7 Å². The second kappa shape index (κ2) is 28.2. The summed E-state index contributed by atoms with van der Waals surface area (Å²) in [6.45, 7) is 37.2. The van der Waals surface area contributed by atoms with Crippen molar-refractivity contribution in [1.29, 1.82) is 0 Å². The average molecular weight is 1350 g/mol. The molecule has 0 aromatic heterocycles. The van der Waals surface area contributed by atoms with E-state index >= 15 is 4.79 Å². The molecule has 16 heteroatoms. The highest BCUT2D eigenvalue weighted by molar-refractivity contribution is 7.00. The van der Waals surface area contributed by atoms with Crippen LogP contribution >= 0.6 is 0 Å². The molecule has 96 heavy (non-hydrogen) atoms. The van der Waals surface area contributed by atoms with Gasteiger partial charge in [0.15, 0.2) is 0 Å². The maximum atomic E-state index is 15.4. The molecule has 5 unspecified atom stereocenters. The van der Waals surface area contributed by atoms with Crippen molar-refractivity contribution in [2.24, 2.45) is 17.8 Å². The van der Waals surface area contributed by atoms with Gasteiger partial charge in [-0.15, -0.1) is 0 Å². The molecule has 0 saturated carbocycles. The van der Waals surface area contributed by atoms with Crippen LogP contribution in [0.5, 0.6) is 0 Å². The summed E-state index contributed by atoms with van der Waals surface area (Å²) in [5.41, 5.74) is 0.505. The number of Topliss-reactive ketones (excluding diaryl/α,β-unsaturated/α-hetero) is 1. The first-order chi connectivity index (χ1) is 45.5. The van der Waals surface area contributed by atoms with Gasteiger partial charge in [-0.1, -0.05) is 202 Å². The molecular weight excluding hydrogens is 1240 g/mol. The number of aliphatic hydroxyl groups is 1. The normalized spacial score (nSPS) is 35.1. The van der Waals surface area contributed by atoms with Crippen molar-refractivity contribution in [3.05, 3.63) is 158 Å². The SMILES string of the molecule is C=C1CC2/C=C/C(O)C[C@H]3O[C@H]4[C@@H](O[Si](c5ccccc5)(c5ccccc5)C(C)(C)C)[C@H]5O[C@H](CC[C@@H]5O[C@H]4[C@H]3O[Si](c3ccccc3)(c3ccccc3)C(C)(C)C)CC(=O)CC3[C@H](CC4O[C@@H](CCC1O2)C[C@@H](C)C4=C)O[C@H](C[C@H]1CN(C(=O)OC(C)(C)C)C(C)(C)O1)[C@@H]3C. The van der Waals surface area contributed by atoms with Gasteiger partial charge in [-0.25, -0.2) is 4.79 Å². The fraction of sp³-hybridized carbons (Fsp3) is 0.600. The Balaban J connectivity index is 0.937. The third-order valence-corrected chi connectivity index (χ3v) is 32.4. The van der Waals surface area contributed by atoms with E-state index in [-0.39, 0.29) is 85.5 Å². The Hall–Kier alpha value is -4.93. The van der Waals surface area contributed by atoms with E-state index in [2.05, 4.69) is 190 Å². The summed E-state index contributed by atoms with van der Waals surface area (Å²) in [6, 6.07) is 42.8. The molecular formula is C80H109NO13Si2. The number of fused-ring (bicyclic) bond motifs is 7. The third-order valence-electron chi connectivity index (χ3n) is 22.4. The summed E-state index contributed by atoms with van der Waals surface area (Å²) in [5.74, 6) is 0.101. The lowest BCUT2D eigenvalue weighted by Crippen LogP contribution is -2.73. The molecule has 4 aromatic carbocycles. The standard InChI is InChI=1S/C80H109NO13Si2/c1-50-42-57-38-40-65-51(2)43-56(85-65)37-36-54(82)46-70-72(93-95(78(8,9)10,60-28-20-16-21-29-60)61-30-22-17-23-31-61)73-74(90-70)75(94-96(79(11,12)13,62-32-24-18-25-33-62)63-34-26-19-27-35-63)71-66(89-73)41-39-58(87-71)44-55(83)45-64-53(4)67(88-69(64)48-68(86-57)52(50)3)47-59-49-81(80(14,15)91-59)76(84)92-77(5,6)7/h16-37,50,53-54,56-59,64-75,82H,2-3,38-49H2,1,4-15H3/b37-36+/t50-,53-,54?,56?,57+,58-,59+,64?,65?,66+,67-,68?,69+,70-,71+,72+,73+,74-,75+/m1/s1. The molecule has 1 N–H and O–H groups in total. The molecule has 0 aliphatic carbocycles. The minimum atomic E-state index is -3.40. The van der Waals surface area contributed by atoms with E-state index in [1.807, 2.05) is 46.8 Å². The molecule has 19 atom stereocenters. The fourth-order valence-electron chi connectivity index (χ4n) is 17.6. The zero-order valence-electron chi connectivity index (χ0n) is 59.4. The monoisotopic (exact) mass is 1350 g/mol. The van der Waals surface area contributed by atoms with Crippen LogP contribution < -0.4 is 20.7 Å². The van der Waals surface area contributed by atoms with Crippen molar-refractivity contribution in [2.45, 2.75) is 280 Å². The molecule has 4 aromatic rings. The number of carbonyl (C=O) groups is 2. The van der Waals surface area contributed by atoms with E-state index in [0.29, 0.717) is 38.6 Å². The van der Waals surface area contributed by atoms with E-state index in [1.54, 1.807) is 4.90 Å². The van der Waals surface area contributed by atoms with Gasteiger partial charge in [0.25, 0.3) is 16.6 Å². The first-order valence-corrected chi connectivity index (χ1v) is 39.8. The second-order valence-electron chi connectivity index (χ2n) is 32.8. The maximum absolute atomic E-state index is 15.4. The number of aliphatic hydroxyl groups excluding tert-OH is 1. The first-order valence-electron chi connectivity index (χ1n) is 35.9. The van der Waals surface area contributed by atoms with Gasteiger partial charge in [0, 0.05) is 38.5 Å². The molecule has 14 nitrogen and oxygen atoms in total. The highest BCUT2D eigenvalue weighted by atomic mass is 28.4. The molecule has 7 fully saturated rings. The van der Waals surface area contributed by atoms with Crippen LogP contribution in [0.2, 0.25) is 10.1 Å². The number of nitrogens with zero attached hydrogens (tertiary/aromatic N) is 1. The number of hydrogen-bond donors (Lipinski definition) is 1. The van der Waals surface area contributed by atoms with Crippen LogP contribution in [0.25, 0.3) is 0 Å². The van der Waals surface area contributed by atoms with Gasteiger partial charge < -0.3 is 51.9 Å². The van der Waals surface area contributed by atoms with Crippen molar-refractivity contribution in [3.8, 4) is 0 Å². The number of hydrogen-bond acceptors (Lipinski definition) is 13. The Morgan fingerprint density at radius 2 is 1.14 bits per heavy atom. The van der Waals surface area contributed by atoms with Crippen molar-refractivity contribution >= 4 is 49.3 Å². The number of rotatable bonds is 10. The summed E-state index contributed by atoms with van der Waals surface area (Å²) in [6.07, 6.45) is 1.71. The summed E-state index contributed by atoms with van der Waals surface area (Å²) < 4.78 is 73.4. The predicted octanol–water partition coefficient (Wildman–Crippen LogP) is 12.6. The first kappa shape index (κ1) is 70.9. The number of benzene rings is 4. The molecule has 7 saturated heterocycles. The van der Waals surface area contributed by atoms with Crippen molar-refractivity contribution in [1.82, 2.24) is 4.90 Å². The Labute approximate surface area is 574 Å². The maximum Gasteiger partial charge on any atom is 0.412 e. The molecule has 0 spiro atoms. The Morgan fingerprint density at radius 1 is 0.594 bits per heavy atom. The van der Waals surface area contributed by atoms with Crippen molar-refractivity contribution in [3.63, 3.8) is 0 Å². The second-order valence-corrected chi connectivity index (χ2v) is 41.3. The molecule has 8 heterocycles. The number of carbonyl (C=O) groups excluding carboxylic acids is 2. The van der Waals surface area contributed by atoms with Gasteiger partial charge in [0.05, 0.1) is 73.7 Å². The van der Waals surface area contributed by atoms with Crippen molar-refractivity contribution < 1.29 is 61.4 Å². The van der Waals surface area contributed by atoms with Gasteiger partial charge in [-0.3, -0.25) is 9.69 Å². The van der Waals surface area contributed by atoms with Crippen LogP contribution in [0, 0.1) is 17.8 Å². The van der Waals surface area contributed by atoms with Gasteiger partial charge in [0.2, 0.25) is 0 Å². The molecule has 12 rings (SSSR count). The minimum Gasteiger partial charge on any atom is -0.444 e. The Bertz CT molecular complexity index is 3290. The van der Waals surface area contributed by atoms with Crippen LogP contribution in [0.15, 0.2) is 158 Å². The molecule has 0 radical (unpaired) electrons. The Kier molecular flexibility index (Phi) is 20.9. The zero-order chi connectivity index (χ0) is 68.3. The highest BCUT2D eigenvalue weighted by Gasteiger charge is 2.65. The number of ketones is 1. The third kappa shape index (κ3) is 14.5. The van der Waals surface area contributed by atoms with E-state index in [9.17, 15) is 9.90 Å². The van der Waals surface area contributed by atoms with E-state index < -0.39 is 99.1 Å². The lowest BCUT2D eigenvalue weighted by Gasteiger charge is -2.53. The minimum absolute atomic E-state index is 0.0453. The summed E-state index contributed by atoms with van der Waals surface area (Å²) in [4.78, 5) is 30.8. The predicted molar refractivity (Wildman–Crippen MR) is 380 cm³/mol. The Morgan fingerprint density at radius 3 is 1.70 bits per heavy atom. The lowest BCUT2D eigenvalue weighted by molar-refractivity contribution is -0.254. The molecule has 1 amide bonds. The smallest absolute Gasteiger partial charge is 0.412 e. The number of ether oxygens (including phenoxy) is 8. The fourth-order valence-corrected chi connectivity index (χ4v) is 27.0. The van der Waals surface area contributed by atoms with Crippen LogP contribution in [0.1, 0.15) is 161 Å². The van der Waals surface area contributed by atoms with Crippen LogP contribution in [0.3, 0.4) is 0 Å². The summed E-state index contributed by atoms with van der Waals surface area (Å²) in [5, 5.41) is 16.2. The van der Waals surface area contributed by atoms with Crippen LogP contribution in [-0.2, 0) is 51.5 Å². The molecule has 8 bridgehead atoms. The summed E-state index contributed by atoms with van der Waals surface area (Å²) >= 11 is 0. The lowest BCUT2D eigenvalue weighted by atomic mass is 9.78.